The van der Waals surface area contributed by atoms with E-state index in [1.165, 1.54) is 5.69 Å². The molecule has 0 unspecified atom stereocenters. The quantitative estimate of drug-likeness (QED) is 0.826. The second kappa shape index (κ2) is 5.63. The average molecular weight is 288 g/mol. The molecule has 21 heavy (non-hydrogen) atoms. The van der Waals surface area contributed by atoms with Gasteiger partial charge in [-0.05, 0) is 19.4 Å². The summed E-state index contributed by atoms with van der Waals surface area (Å²) in [6, 6.07) is 4.29. The standard InChI is InChI=1S/C16H21N3O2/c1-3-16(2)9-14-13(11-21-16)8-12(10-17)15(18-14)19-4-6-20-7-5-19/h8H,3-7,9,11H2,1-2H3/p+1/t16-/m1/s1. The summed E-state index contributed by atoms with van der Waals surface area (Å²) in [6.45, 7) is 7.95. The number of pyridine rings is 1. The highest BCUT2D eigenvalue weighted by Gasteiger charge is 2.34. The molecule has 0 amide bonds. The van der Waals surface area contributed by atoms with E-state index in [4.69, 9.17) is 9.47 Å². The number of hydrogen-bond acceptors (Lipinski definition) is 4. The van der Waals surface area contributed by atoms with Gasteiger partial charge in [-0.15, -0.1) is 0 Å². The Balaban J connectivity index is 1.97. The molecule has 1 aromatic rings. The highest BCUT2D eigenvalue weighted by Crippen LogP contribution is 2.30. The molecule has 1 N–H and O–H groups in total. The molecule has 2 aliphatic rings. The van der Waals surface area contributed by atoms with Crippen LogP contribution in [0.25, 0.3) is 0 Å². The molecule has 1 saturated heterocycles. The lowest BCUT2D eigenvalue weighted by Crippen LogP contribution is -2.43. The van der Waals surface area contributed by atoms with E-state index in [1.807, 2.05) is 6.07 Å². The van der Waals surface area contributed by atoms with Crippen molar-refractivity contribution in [2.24, 2.45) is 0 Å². The highest BCUT2D eigenvalue weighted by atomic mass is 16.5. The molecule has 0 aliphatic carbocycles. The lowest BCUT2D eigenvalue weighted by molar-refractivity contribution is -0.384. The first kappa shape index (κ1) is 14.3. The van der Waals surface area contributed by atoms with E-state index in [0.717, 1.165) is 37.3 Å². The minimum atomic E-state index is -0.111. The second-order valence-electron chi connectivity index (χ2n) is 6.02. The van der Waals surface area contributed by atoms with E-state index in [1.54, 1.807) is 0 Å². The largest absolute Gasteiger partial charge is 0.373 e. The molecule has 1 atom stereocenters. The predicted molar refractivity (Wildman–Crippen MR) is 77.9 cm³/mol. The van der Waals surface area contributed by atoms with Gasteiger partial charge in [0.1, 0.15) is 30.4 Å². The third kappa shape index (κ3) is 2.74. The van der Waals surface area contributed by atoms with Gasteiger partial charge in [0.15, 0.2) is 0 Å². The van der Waals surface area contributed by atoms with Crippen LogP contribution in [0, 0.1) is 11.3 Å². The molecule has 0 radical (unpaired) electrons. The number of nitrogens with one attached hydrogen (secondary N) is 1. The second-order valence-corrected chi connectivity index (χ2v) is 6.02. The van der Waals surface area contributed by atoms with Crippen LogP contribution >= 0.6 is 0 Å². The minimum absolute atomic E-state index is 0.111. The Morgan fingerprint density at radius 3 is 2.86 bits per heavy atom. The molecule has 1 aromatic heterocycles. The van der Waals surface area contributed by atoms with Crippen LogP contribution in [0.5, 0.6) is 0 Å². The summed E-state index contributed by atoms with van der Waals surface area (Å²) in [5.74, 6) is 0.930. The molecule has 3 rings (SSSR count). The van der Waals surface area contributed by atoms with Crippen LogP contribution in [-0.4, -0.2) is 31.9 Å². The predicted octanol–water partition coefficient (Wildman–Crippen LogP) is 1.45. The summed E-state index contributed by atoms with van der Waals surface area (Å²) in [7, 11) is 0. The van der Waals surface area contributed by atoms with Crippen molar-refractivity contribution in [1.29, 1.82) is 5.26 Å². The van der Waals surface area contributed by atoms with Crippen LogP contribution < -0.4 is 9.88 Å². The number of morpholine rings is 1. The number of rotatable bonds is 2. The van der Waals surface area contributed by atoms with E-state index in [9.17, 15) is 5.26 Å². The van der Waals surface area contributed by atoms with Gasteiger partial charge >= 0.3 is 0 Å². The molecule has 5 nitrogen and oxygen atoms in total. The van der Waals surface area contributed by atoms with Gasteiger partial charge < -0.3 is 9.47 Å². The van der Waals surface area contributed by atoms with Crippen LogP contribution in [0.15, 0.2) is 6.07 Å². The Labute approximate surface area is 125 Å². The zero-order valence-corrected chi connectivity index (χ0v) is 12.7. The molecule has 3 heterocycles. The molecule has 0 bridgehead atoms. The van der Waals surface area contributed by atoms with Gasteiger partial charge in [0.2, 0.25) is 0 Å². The maximum Gasteiger partial charge on any atom is 0.292 e. The molecule has 1 fully saturated rings. The van der Waals surface area contributed by atoms with Crippen LogP contribution in [0.2, 0.25) is 0 Å². The summed E-state index contributed by atoms with van der Waals surface area (Å²) in [5.41, 5.74) is 2.89. The number of anilines is 1. The van der Waals surface area contributed by atoms with Gasteiger partial charge in [-0.25, -0.2) is 4.98 Å². The number of hydrogen-bond donors (Lipinski definition) is 0. The maximum absolute atomic E-state index is 9.43. The van der Waals surface area contributed by atoms with Crippen LogP contribution in [0.1, 0.15) is 37.1 Å². The topological polar surface area (TPSA) is 59.6 Å². The normalized spacial score (nSPS) is 25.3. The molecule has 0 saturated carbocycles. The van der Waals surface area contributed by atoms with Crippen molar-refractivity contribution in [2.75, 3.05) is 31.2 Å². The summed E-state index contributed by atoms with van der Waals surface area (Å²) in [4.78, 5) is 5.72. The first-order chi connectivity index (χ1) is 10.1. The Bertz CT molecular complexity index is 576. The smallest absolute Gasteiger partial charge is 0.292 e. The number of H-pyrrole nitrogens is 1. The van der Waals surface area contributed by atoms with Crippen molar-refractivity contribution in [3.63, 3.8) is 0 Å². The zero-order valence-electron chi connectivity index (χ0n) is 12.7. The summed E-state index contributed by atoms with van der Waals surface area (Å²) < 4.78 is 11.4. The summed E-state index contributed by atoms with van der Waals surface area (Å²) in [5, 5.41) is 9.43. The molecule has 0 aromatic carbocycles. The summed E-state index contributed by atoms with van der Waals surface area (Å²) in [6.07, 6.45) is 1.84. The first-order valence-corrected chi connectivity index (χ1v) is 7.60. The number of aromatic amines is 1. The van der Waals surface area contributed by atoms with E-state index < -0.39 is 0 Å². The molecular weight excluding hydrogens is 266 g/mol. The lowest BCUT2D eigenvalue weighted by Gasteiger charge is -2.33. The zero-order chi connectivity index (χ0) is 14.9. The number of ether oxygens (including phenoxy) is 2. The third-order valence-corrected chi connectivity index (χ3v) is 4.55. The van der Waals surface area contributed by atoms with E-state index in [-0.39, 0.29) is 5.60 Å². The van der Waals surface area contributed by atoms with Gasteiger partial charge in [0.25, 0.3) is 5.82 Å². The maximum atomic E-state index is 9.43. The Morgan fingerprint density at radius 1 is 1.43 bits per heavy atom. The monoisotopic (exact) mass is 288 g/mol. The Kier molecular flexibility index (Phi) is 3.83. The van der Waals surface area contributed by atoms with E-state index in [0.29, 0.717) is 25.4 Å². The van der Waals surface area contributed by atoms with E-state index in [2.05, 4.69) is 29.8 Å². The number of aromatic nitrogens is 1. The minimum Gasteiger partial charge on any atom is -0.373 e. The van der Waals surface area contributed by atoms with Crippen LogP contribution in [0.3, 0.4) is 0 Å². The highest BCUT2D eigenvalue weighted by molar-refractivity contribution is 5.52. The Morgan fingerprint density at radius 2 is 2.19 bits per heavy atom. The fraction of sp³-hybridized carbons (Fsp3) is 0.625. The van der Waals surface area contributed by atoms with Gasteiger partial charge in [0, 0.05) is 12.0 Å². The third-order valence-electron chi connectivity index (χ3n) is 4.55. The molecule has 5 heteroatoms. The van der Waals surface area contributed by atoms with Gasteiger partial charge in [-0.1, -0.05) is 6.92 Å². The fourth-order valence-electron chi connectivity index (χ4n) is 2.93. The number of nitrogens with zero attached hydrogens (tertiary/aromatic N) is 2. The SMILES string of the molecule is CC[C@]1(C)Cc2[nH+]c(N3CCOCC3)c(C#N)cc2CO1. The molecule has 112 valence electrons. The lowest BCUT2D eigenvalue weighted by atomic mass is 9.91. The Hall–Kier alpha value is -1.64. The van der Waals surface area contributed by atoms with E-state index >= 15 is 0 Å². The molecule has 0 spiro atoms. The molecular formula is C16H22N3O2+. The van der Waals surface area contributed by atoms with Crippen molar-refractivity contribution in [3.05, 3.63) is 22.9 Å². The van der Waals surface area contributed by atoms with Crippen molar-refractivity contribution < 1.29 is 14.5 Å². The average Bonchev–Trinajstić information content (AvgIpc) is 2.54. The number of fused-ring (bicyclic) bond motifs is 1. The van der Waals surface area contributed by atoms with Crippen molar-refractivity contribution in [3.8, 4) is 6.07 Å². The fourth-order valence-corrected chi connectivity index (χ4v) is 2.93. The first-order valence-electron chi connectivity index (χ1n) is 7.60. The van der Waals surface area contributed by atoms with Crippen LogP contribution in [-0.2, 0) is 22.5 Å². The van der Waals surface area contributed by atoms with Crippen molar-refractivity contribution in [2.45, 2.75) is 38.9 Å². The number of nitriles is 1. The molecule has 2 aliphatic heterocycles. The van der Waals surface area contributed by atoms with Crippen LogP contribution in [0.4, 0.5) is 5.82 Å². The van der Waals surface area contributed by atoms with Gasteiger partial charge in [-0.3, -0.25) is 4.90 Å². The van der Waals surface area contributed by atoms with Gasteiger partial charge in [-0.2, -0.15) is 5.26 Å². The van der Waals surface area contributed by atoms with Crippen molar-refractivity contribution >= 4 is 5.82 Å². The van der Waals surface area contributed by atoms with Crippen molar-refractivity contribution in [1.82, 2.24) is 0 Å². The van der Waals surface area contributed by atoms with Gasteiger partial charge in [0.05, 0.1) is 25.4 Å². The summed E-state index contributed by atoms with van der Waals surface area (Å²) >= 11 is 0.